The molecule has 6 N–H and O–H groups in total. The summed E-state index contributed by atoms with van der Waals surface area (Å²) in [6, 6.07) is -1.07. The Balaban J connectivity index is 2.72. The van der Waals surface area contributed by atoms with E-state index < -0.39 is 67.4 Å². The van der Waals surface area contributed by atoms with Gasteiger partial charge in [0.15, 0.2) is 12.4 Å². The Morgan fingerprint density at radius 1 is 0.562 bits per heavy atom. The Bertz CT molecular complexity index is 1600. The predicted molar refractivity (Wildman–Crippen MR) is 301 cm³/mol. The van der Waals surface area contributed by atoms with Gasteiger partial charge in [0.25, 0.3) is 0 Å². The van der Waals surface area contributed by atoms with Crippen LogP contribution in [0.3, 0.4) is 0 Å². The van der Waals surface area contributed by atoms with Crippen LogP contribution in [-0.2, 0) is 23.8 Å². The number of nitrogens with one attached hydrogen (secondary N) is 1. The quantitative estimate of drug-likeness (QED) is 0.0149. The zero-order valence-electron chi connectivity index (χ0n) is 45.7. The van der Waals surface area contributed by atoms with Crippen molar-refractivity contribution in [3.8, 4) is 0 Å². The molecule has 1 fully saturated rings. The fourth-order valence-corrected chi connectivity index (χ4v) is 8.21. The summed E-state index contributed by atoms with van der Waals surface area (Å²) >= 11 is 0. The molecule has 1 saturated heterocycles. The third kappa shape index (κ3) is 37.7. The van der Waals surface area contributed by atoms with Crippen molar-refractivity contribution >= 4 is 11.9 Å². The van der Waals surface area contributed by atoms with Crippen molar-refractivity contribution in [2.75, 3.05) is 13.2 Å². The van der Waals surface area contributed by atoms with Gasteiger partial charge in [-0.25, -0.2) is 0 Å². The van der Waals surface area contributed by atoms with Gasteiger partial charge >= 0.3 is 5.97 Å². The summed E-state index contributed by atoms with van der Waals surface area (Å²) in [5.74, 6) is -1.29. The highest BCUT2D eigenvalue weighted by Crippen LogP contribution is 2.26. The molecule has 1 aliphatic heterocycles. The number of aliphatic hydroxyl groups excluding tert-OH is 5. The second-order valence-electron chi connectivity index (χ2n) is 19.4. The summed E-state index contributed by atoms with van der Waals surface area (Å²) in [4.78, 5) is 26.4. The minimum absolute atomic E-state index is 0.100. The number of esters is 1. The largest absolute Gasteiger partial charge is 0.454 e. The van der Waals surface area contributed by atoms with Gasteiger partial charge in [0.1, 0.15) is 24.4 Å². The van der Waals surface area contributed by atoms with E-state index in [1.807, 2.05) is 60.8 Å². The van der Waals surface area contributed by atoms with Crippen molar-refractivity contribution in [1.29, 1.82) is 0 Å². The van der Waals surface area contributed by atoms with E-state index in [1.54, 1.807) is 6.08 Å². The lowest BCUT2D eigenvalue weighted by Crippen LogP contribution is -2.61. The summed E-state index contributed by atoms with van der Waals surface area (Å²) in [5, 5.41) is 56.6. The SMILES string of the molecule is CC/C=C/C=C/C=C\C=C/C=C/CCC(O)C(=O)NC(COC1OC(CO)C(O)C(O)C1OC(=O)CCCCCCCCCC/C=C\C/C=C\C/C=C\CCCCC)C(O)/C=C/CCCCCCCCCCC. The molecule has 11 heteroatoms. The lowest BCUT2D eigenvalue weighted by atomic mass is 9.99. The van der Waals surface area contributed by atoms with Crippen molar-refractivity contribution in [2.45, 2.75) is 256 Å². The Morgan fingerprint density at radius 2 is 1.04 bits per heavy atom. The summed E-state index contributed by atoms with van der Waals surface area (Å²) < 4.78 is 17.5. The number of carbonyl (C=O) groups is 2. The fourth-order valence-electron chi connectivity index (χ4n) is 8.21. The standard InChI is InChI=1S/C62H103NO10/c1-4-7-10-13-16-19-22-24-25-26-27-28-29-30-31-32-35-38-41-44-47-50-57(67)73-60-59(69)58(68)56(51-64)72-62(60)71-52-53(54(65)48-45-42-39-36-33-21-18-15-12-9-6-3)63-61(70)55(66)49-46-43-40-37-34-23-20-17-14-11-8-5-2/h8,11,14,16-17,19-20,23-25,27-28,34,37,40,43,45,48,53-56,58-60,62,64-66,68-69H,4-7,9-10,12-13,15,18,21-22,26,29-33,35-36,38-39,41-42,44,46-47,49-52H2,1-3H3,(H,63,70)/b11-8+,17-14+,19-16-,23-20-,25-24-,28-27-,37-34-,43-40+,48-45+. The molecule has 1 heterocycles. The third-order valence-corrected chi connectivity index (χ3v) is 12.8. The van der Waals surface area contributed by atoms with Crippen LogP contribution in [0.15, 0.2) is 109 Å². The van der Waals surface area contributed by atoms with Crippen LogP contribution in [0.2, 0.25) is 0 Å². The number of ether oxygens (including phenoxy) is 3. The van der Waals surface area contributed by atoms with Crippen LogP contribution in [0.25, 0.3) is 0 Å². The number of hydrogen-bond acceptors (Lipinski definition) is 10. The van der Waals surface area contributed by atoms with Gasteiger partial charge < -0.3 is 45.1 Å². The molecule has 8 unspecified atom stereocenters. The van der Waals surface area contributed by atoms with Crippen LogP contribution < -0.4 is 5.32 Å². The number of unbranched alkanes of at least 4 members (excludes halogenated alkanes) is 20. The number of aliphatic hydroxyl groups is 5. The highest BCUT2D eigenvalue weighted by atomic mass is 16.7. The first kappa shape index (κ1) is 67.3. The monoisotopic (exact) mass is 1020 g/mol. The first-order chi connectivity index (χ1) is 35.7. The van der Waals surface area contributed by atoms with E-state index in [2.05, 4.69) is 68.6 Å². The number of rotatable bonds is 46. The highest BCUT2D eigenvalue weighted by molar-refractivity contribution is 5.80. The molecule has 0 aromatic heterocycles. The molecule has 0 aliphatic carbocycles. The smallest absolute Gasteiger partial charge is 0.306 e. The molecule has 0 aromatic carbocycles. The highest BCUT2D eigenvalue weighted by Gasteiger charge is 2.47. The first-order valence-corrected chi connectivity index (χ1v) is 28.7. The van der Waals surface area contributed by atoms with Crippen molar-refractivity contribution in [1.82, 2.24) is 5.32 Å². The summed E-state index contributed by atoms with van der Waals surface area (Å²) in [6.45, 7) is 5.52. The maximum atomic E-state index is 13.3. The minimum atomic E-state index is -1.63. The van der Waals surface area contributed by atoms with Crippen LogP contribution in [-0.4, -0.2) is 99.6 Å². The number of carbonyl (C=O) groups excluding carboxylic acids is 2. The van der Waals surface area contributed by atoms with E-state index >= 15 is 0 Å². The maximum Gasteiger partial charge on any atom is 0.306 e. The minimum Gasteiger partial charge on any atom is -0.454 e. The Morgan fingerprint density at radius 3 is 1.60 bits per heavy atom. The predicted octanol–water partition coefficient (Wildman–Crippen LogP) is 12.9. The molecule has 0 bridgehead atoms. The number of allylic oxidation sites excluding steroid dienone is 17. The van der Waals surface area contributed by atoms with Gasteiger partial charge in [0.05, 0.1) is 25.4 Å². The normalized spacial score (nSPS) is 20.2. The van der Waals surface area contributed by atoms with E-state index in [1.165, 1.54) is 83.5 Å². The van der Waals surface area contributed by atoms with Crippen LogP contribution in [0.5, 0.6) is 0 Å². The van der Waals surface area contributed by atoms with Gasteiger partial charge in [-0.3, -0.25) is 9.59 Å². The van der Waals surface area contributed by atoms with Gasteiger partial charge in [-0.15, -0.1) is 0 Å². The molecule has 0 aromatic rings. The third-order valence-electron chi connectivity index (χ3n) is 12.8. The van der Waals surface area contributed by atoms with E-state index in [4.69, 9.17) is 14.2 Å². The van der Waals surface area contributed by atoms with E-state index in [9.17, 15) is 35.1 Å². The van der Waals surface area contributed by atoms with Crippen LogP contribution in [0.1, 0.15) is 207 Å². The zero-order chi connectivity index (χ0) is 53.3. The van der Waals surface area contributed by atoms with Crippen molar-refractivity contribution in [3.05, 3.63) is 109 Å². The average molecular weight is 1020 g/mol. The fraction of sp³-hybridized carbons (Fsp3) is 0.677. The Labute approximate surface area is 443 Å². The molecule has 11 nitrogen and oxygen atoms in total. The van der Waals surface area contributed by atoms with Gasteiger partial charge in [0.2, 0.25) is 5.91 Å². The molecular formula is C62H103NO10. The average Bonchev–Trinajstić information content (AvgIpc) is 3.39. The molecular weight excluding hydrogens is 919 g/mol. The second-order valence-corrected chi connectivity index (χ2v) is 19.4. The molecule has 416 valence electrons. The molecule has 0 spiro atoms. The second kappa shape index (κ2) is 49.2. The zero-order valence-corrected chi connectivity index (χ0v) is 45.7. The van der Waals surface area contributed by atoms with Gasteiger partial charge in [-0.05, 0) is 77.0 Å². The molecule has 1 amide bonds. The summed E-state index contributed by atoms with van der Waals surface area (Å²) in [7, 11) is 0. The van der Waals surface area contributed by atoms with E-state index in [0.717, 1.165) is 77.0 Å². The lowest BCUT2D eigenvalue weighted by Gasteiger charge is -2.41. The van der Waals surface area contributed by atoms with Crippen molar-refractivity contribution in [2.24, 2.45) is 0 Å². The Hall–Kier alpha value is -3.68. The van der Waals surface area contributed by atoms with E-state index in [0.29, 0.717) is 12.8 Å². The summed E-state index contributed by atoms with van der Waals surface area (Å²) in [6.07, 6.45) is 55.8. The van der Waals surface area contributed by atoms with Crippen LogP contribution in [0.4, 0.5) is 0 Å². The van der Waals surface area contributed by atoms with Gasteiger partial charge in [-0.2, -0.15) is 0 Å². The molecule has 1 aliphatic rings. The first-order valence-electron chi connectivity index (χ1n) is 28.7. The van der Waals surface area contributed by atoms with Gasteiger partial charge in [0, 0.05) is 6.42 Å². The van der Waals surface area contributed by atoms with Gasteiger partial charge in [-0.1, -0.05) is 233 Å². The topological polar surface area (TPSA) is 175 Å². The van der Waals surface area contributed by atoms with Crippen LogP contribution >= 0.6 is 0 Å². The van der Waals surface area contributed by atoms with Crippen LogP contribution in [0, 0.1) is 0 Å². The Kier molecular flexibility index (Phi) is 45.4. The molecule has 0 radical (unpaired) electrons. The maximum absolute atomic E-state index is 13.3. The number of amides is 1. The van der Waals surface area contributed by atoms with Crippen molar-refractivity contribution < 1.29 is 49.3 Å². The molecule has 1 rings (SSSR count). The summed E-state index contributed by atoms with van der Waals surface area (Å²) in [5.41, 5.74) is 0. The number of hydrogen-bond donors (Lipinski definition) is 6. The molecule has 0 saturated carbocycles. The lowest BCUT2D eigenvalue weighted by molar-refractivity contribution is -0.305. The van der Waals surface area contributed by atoms with E-state index in [-0.39, 0.29) is 19.4 Å². The molecule has 73 heavy (non-hydrogen) atoms. The molecule has 8 atom stereocenters. The van der Waals surface area contributed by atoms with Crippen molar-refractivity contribution in [3.63, 3.8) is 0 Å².